The molecule has 0 atom stereocenters. The quantitative estimate of drug-likeness (QED) is 0.276. The molecular formula is C26H20Cl2F2N4O4S. The first kappa shape index (κ1) is 27.2. The summed E-state index contributed by atoms with van der Waals surface area (Å²) in [5.41, 5.74) is 0.824. The van der Waals surface area contributed by atoms with E-state index in [2.05, 4.69) is 20.4 Å². The lowest BCUT2D eigenvalue weighted by atomic mass is 9.94. The molecule has 2 aromatic carbocycles. The van der Waals surface area contributed by atoms with Gasteiger partial charge in [0, 0.05) is 38.8 Å². The van der Waals surface area contributed by atoms with Crippen molar-refractivity contribution < 1.29 is 26.5 Å². The number of carbonyl (C=O) groups excluding carboxylic acids is 1. The Balaban J connectivity index is 1.33. The fourth-order valence-electron chi connectivity index (χ4n) is 4.21. The van der Waals surface area contributed by atoms with Crippen LogP contribution in [-0.4, -0.2) is 35.2 Å². The zero-order valence-electron chi connectivity index (χ0n) is 20.3. The van der Waals surface area contributed by atoms with Crippen LogP contribution in [0.15, 0.2) is 58.1 Å². The zero-order valence-corrected chi connectivity index (χ0v) is 22.7. The fourth-order valence-corrected chi connectivity index (χ4v) is 5.88. The number of sulfone groups is 1. The molecule has 1 fully saturated rings. The standard InChI is InChI=1S/C26H20Cl2F2N4O4S/c1-2-39(36,37)17-5-4-15(31-13-17)12-22(35)32-16-10-18(27)23(19(28)11-16)26(7-8-26)25-33-24(38-34-25)14-3-6-20(29)21(30)9-14/h3-6,9-11,13H,2,7-8,12H2,1H3,(H,32,35). The number of nitrogens with one attached hydrogen (secondary N) is 1. The van der Waals surface area contributed by atoms with Crippen molar-refractivity contribution in [2.24, 2.45) is 0 Å². The van der Waals surface area contributed by atoms with E-state index in [-0.39, 0.29) is 38.6 Å². The normalized spacial score (nSPS) is 14.3. The number of anilines is 1. The highest BCUT2D eigenvalue weighted by Crippen LogP contribution is 2.57. The van der Waals surface area contributed by atoms with Gasteiger partial charge in [-0.15, -0.1) is 0 Å². The van der Waals surface area contributed by atoms with Crippen LogP contribution in [0.3, 0.4) is 0 Å². The Bertz CT molecular complexity index is 1670. The predicted octanol–water partition coefficient (Wildman–Crippen LogP) is 5.77. The Morgan fingerprint density at radius 1 is 1.08 bits per heavy atom. The van der Waals surface area contributed by atoms with Gasteiger partial charge in [-0.05, 0) is 55.3 Å². The Hall–Kier alpha value is -3.41. The summed E-state index contributed by atoms with van der Waals surface area (Å²) in [5, 5.41) is 7.33. The second-order valence-corrected chi connectivity index (χ2v) is 12.2. The predicted molar refractivity (Wildman–Crippen MR) is 140 cm³/mol. The van der Waals surface area contributed by atoms with Gasteiger partial charge in [0.05, 0.1) is 22.5 Å². The van der Waals surface area contributed by atoms with Crippen molar-refractivity contribution in [1.29, 1.82) is 0 Å². The zero-order chi connectivity index (χ0) is 27.9. The number of aromatic nitrogens is 3. The van der Waals surface area contributed by atoms with E-state index in [0.717, 1.165) is 12.1 Å². The lowest BCUT2D eigenvalue weighted by molar-refractivity contribution is -0.115. The van der Waals surface area contributed by atoms with E-state index < -0.39 is 32.8 Å². The molecule has 1 amide bonds. The number of rotatable bonds is 8. The lowest BCUT2D eigenvalue weighted by Gasteiger charge is -2.17. The minimum Gasteiger partial charge on any atom is -0.334 e. The van der Waals surface area contributed by atoms with Crippen molar-refractivity contribution in [2.45, 2.75) is 36.5 Å². The molecule has 1 aliphatic carbocycles. The first-order chi connectivity index (χ1) is 18.5. The highest BCUT2D eigenvalue weighted by molar-refractivity contribution is 7.91. The van der Waals surface area contributed by atoms with E-state index in [9.17, 15) is 22.0 Å². The number of amides is 1. The van der Waals surface area contributed by atoms with Crippen LogP contribution >= 0.6 is 23.2 Å². The Morgan fingerprint density at radius 2 is 1.79 bits per heavy atom. The maximum absolute atomic E-state index is 13.7. The van der Waals surface area contributed by atoms with Crippen molar-refractivity contribution in [2.75, 3.05) is 11.1 Å². The van der Waals surface area contributed by atoms with Crippen LogP contribution in [0.25, 0.3) is 11.5 Å². The number of carbonyl (C=O) groups is 1. The molecule has 2 heterocycles. The average Bonchev–Trinajstić information content (AvgIpc) is 3.51. The van der Waals surface area contributed by atoms with Crippen molar-refractivity contribution in [3.8, 4) is 11.5 Å². The molecule has 39 heavy (non-hydrogen) atoms. The number of hydrogen-bond acceptors (Lipinski definition) is 7. The number of hydrogen-bond donors (Lipinski definition) is 1. The molecule has 0 aliphatic heterocycles. The van der Waals surface area contributed by atoms with Crippen LogP contribution in [0.2, 0.25) is 10.0 Å². The largest absolute Gasteiger partial charge is 0.334 e. The number of benzene rings is 2. The first-order valence-electron chi connectivity index (χ1n) is 11.8. The molecule has 202 valence electrons. The second kappa shape index (κ2) is 10.3. The molecule has 0 saturated heterocycles. The molecule has 5 rings (SSSR count). The first-order valence-corrected chi connectivity index (χ1v) is 14.2. The van der Waals surface area contributed by atoms with Crippen LogP contribution in [0.1, 0.15) is 36.8 Å². The summed E-state index contributed by atoms with van der Waals surface area (Å²) in [4.78, 5) is 21.2. The molecular weight excluding hydrogens is 573 g/mol. The van der Waals surface area contributed by atoms with Crippen LogP contribution in [0.4, 0.5) is 14.5 Å². The molecule has 1 saturated carbocycles. The molecule has 2 aromatic heterocycles. The van der Waals surface area contributed by atoms with Gasteiger partial charge in [-0.25, -0.2) is 17.2 Å². The summed E-state index contributed by atoms with van der Waals surface area (Å²) >= 11 is 13.2. The third kappa shape index (κ3) is 5.39. The fraction of sp³-hybridized carbons (Fsp3) is 0.231. The SMILES string of the molecule is CCS(=O)(=O)c1ccc(CC(=O)Nc2cc(Cl)c(C3(c4noc(-c5ccc(F)c(F)c5)n4)CC3)c(Cl)c2)nc1. The van der Waals surface area contributed by atoms with Gasteiger partial charge >= 0.3 is 0 Å². The summed E-state index contributed by atoms with van der Waals surface area (Å²) in [6.45, 7) is 1.54. The van der Waals surface area contributed by atoms with Gasteiger partial charge in [-0.1, -0.05) is 35.3 Å². The van der Waals surface area contributed by atoms with E-state index in [1.807, 2.05) is 0 Å². The smallest absolute Gasteiger partial charge is 0.258 e. The molecule has 1 N–H and O–H groups in total. The van der Waals surface area contributed by atoms with Gasteiger partial charge in [0.2, 0.25) is 5.91 Å². The van der Waals surface area contributed by atoms with Crippen LogP contribution in [0, 0.1) is 11.6 Å². The Labute approximate surface area is 232 Å². The van der Waals surface area contributed by atoms with Crippen molar-refractivity contribution in [3.63, 3.8) is 0 Å². The average molecular weight is 593 g/mol. The number of nitrogens with zero attached hydrogens (tertiary/aromatic N) is 3. The number of halogens is 4. The van der Waals surface area contributed by atoms with Gasteiger partial charge in [-0.3, -0.25) is 9.78 Å². The summed E-state index contributed by atoms with van der Waals surface area (Å²) in [5.74, 6) is -2.13. The van der Waals surface area contributed by atoms with E-state index in [1.165, 1.54) is 24.4 Å². The van der Waals surface area contributed by atoms with E-state index in [1.54, 1.807) is 19.1 Å². The highest BCUT2D eigenvalue weighted by atomic mass is 35.5. The summed E-state index contributed by atoms with van der Waals surface area (Å²) in [7, 11) is -3.38. The highest BCUT2D eigenvalue weighted by Gasteiger charge is 2.52. The monoisotopic (exact) mass is 592 g/mol. The van der Waals surface area contributed by atoms with E-state index in [4.69, 9.17) is 27.7 Å². The Morgan fingerprint density at radius 3 is 2.38 bits per heavy atom. The maximum Gasteiger partial charge on any atom is 0.258 e. The van der Waals surface area contributed by atoms with Gasteiger partial charge in [0.1, 0.15) is 0 Å². The molecule has 0 bridgehead atoms. The second-order valence-electron chi connectivity index (χ2n) is 9.06. The molecule has 0 radical (unpaired) electrons. The molecule has 0 spiro atoms. The minimum atomic E-state index is -3.38. The summed E-state index contributed by atoms with van der Waals surface area (Å²) in [6, 6.07) is 9.31. The van der Waals surface area contributed by atoms with E-state index >= 15 is 0 Å². The molecule has 8 nitrogen and oxygen atoms in total. The molecule has 4 aromatic rings. The van der Waals surface area contributed by atoms with Crippen molar-refractivity contribution in [1.82, 2.24) is 15.1 Å². The van der Waals surface area contributed by atoms with Crippen LogP contribution < -0.4 is 5.32 Å². The van der Waals surface area contributed by atoms with Gasteiger partial charge < -0.3 is 9.84 Å². The van der Waals surface area contributed by atoms with Crippen molar-refractivity contribution in [3.05, 3.63) is 87.4 Å². The molecule has 1 aliphatic rings. The van der Waals surface area contributed by atoms with Crippen molar-refractivity contribution >= 4 is 44.6 Å². The topological polar surface area (TPSA) is 115 Å². The number of pyridine rings is 1. The van der Waals surface area contributed by atoms with Crippen LogP contribution in [0.5, 0.6) is 0 Å². The van der Waals surface area contributed by atoms with E-state index in [0.29, 0.717) is 35.6 Å². The third-order valence-corrected chi connectivity index (χ3v) is 8.77. The Kier molecular flexibility index (Phi) is 7.17. The maximum atomic E-state index is 13.7. The summed E-state index contributed by atoms with van der Waals surface area (Å²) < 4.78 is 56.1. The summed E-state index contributed by atoms with van der Waals surface area (Å²) in [6.07, 6.45) is 2.40. The lowest BCUT2D eigenvalue weighted by Crippen LogP contribution is -2.17. The van der Waals surface area contributed by atoms with Gasteiger partial charge in [-0.2, -0.15) is 4.98 Å². The molecule has 13 heteroatoms. The molecule has 0 unspecified atom stereocenters. The van der Waals surface area contributed by atoms with Gasteiger partial charge in [0.25, 0.3) is 5.89 Å². The minimum absolute atomic E-state index is 0.0280. The third-order valence-electron chi connectivity index (χ3n) is 6.45. The van der Waals surface area contributed by atoms with Gasteiger partial charge in [0.15, 0.2) is 27.3 Å². The van der Waals surface area contributed by atoms with Crippen LogP contribution in [-0.2, 0) is 26.5 Å².